The second-order valence-corrected chi connectivity index (χ2v) is 4.82. The molecule has 8 heteroatoms. The number of nitrogens with one attached hydrogen (secondary N) is 1. The summed E-state index contributed by atoms with van der Waals surface area (Å²) in [6.07, 6.45) is 0.365. The summed E-state index contributed by atoms with van der Waals surface area (Å²) in [6, 6.07) is -0.906. The molecule has 0 aliphatic rings. The average Bonchev–Trinajstić information content (AvgIpc) is 2.73. The number of hydrogen-bond acceptors (Lipinski definition) is 6. The number of rotatable bonds is 8. The molecule has 1 aromatic heterocycles. The maximum Gasteiger partial charge on any atom is 0.326 e. The Balaban J connectivity index is 2.32. The molecule has 1 aromatic rings. The zero-order chi connectivity index (χ0) is 15.1. The number of aliphatic carboxylic acids is 1. The van der Waals surface area contributed by atoms with E-state index in [4.69, 9.17) is 14.4 Å². The lowest BCUT2D eigenvalue weighted by Crippen LogP contribution is -2.43. The van der Waals surface area contributed by atoms with E-state index in [1.807, 2.05) is 13.8 Å². The summed E-state index contributed by atoms with van der Waals surface area (Å²) in [5.41, 5.74) is 0. The van der Waals surface area contributed by atoms with Crippen LogP contribution in [-0.4, -0.2) is 39.8 Å². The number of carbonyl (C=O) groups is 2. The average molecular weight is 285 g/mol. The Hall–Kier alpha value is -1.96. The number of amides is 1. The summed E-state index contributed by atoms with van der Waals surface area (Å²) < 4.78 is 9.89. The first kappa shape index (κ1) is 16.1. The number of carboxylic acid groups (broad SMARTS) is 1. The van der Waals surface area contributed by atoms with Crippen LogP contribution in [-0.2, 0) is 20.9 Å². The van der Waals surface area contributed by atoms with Gasteiger partial charge in [-0.2, -0.15) is 4.98 Å². The molecule has 0 aromatic carbocycles. The highest BCUT2D eigenvalue weighted by Gasteiger charge is 2.21. The number of nitrogens with zero attached hydrogens (tertiary/aromatic N) is 2. The van der Waals surface area contributed by atoms with Crippen molar-refractivity contribution in [3.63, 3.8) is 0 Å². The Morgan fingerprint density at radius 3 is 2.65 bits per heavy atom. The molecule has 2 N–H and O–H groups in total. The van der Waals surface area contributed by atoms with Crippen LogP contribution in [0.2, 0.25) is 0 Å². The number of ether oxygens (including phenoxy) is 1. The lowest BCUT2D eigenvalue weighted by Gasteiger charge is -2.16. The molecular formula is C12H19N3O5. The number of hydrogen-bond donors (Lipinski definition) is 2. The van der Waals surface area contributed by atoms with E-state index in [-0.39, 0.29) is 25.0 Å². The number of carboxylic acids is 1. The summed E-state index contributed by atoms with van der Waals surface area (Å²) in [5.74, 6) is -0.629. The van der Waals surface area contributed by atoms with E-state index in [0.717, 1.165) is 0 Å². The van der Waals surface area contributed by atoms with Gasteiger partial charge in [-0.15, -0.1) is 0 Å². The van der Waals surface area contributed by atoms with Crippen LogP contribution in [0.1, 0.15) is 32.0 Å². The van der Waals surface area contributed by atoms with Gasteiger partial charge in [0, 0.05) is 0 Å². The number of aromatic nitrogens is 2. The minimum Gasteiger partial charge on any atom is -0.480 e. The van der Waals surface area contributed by atoms with E-state index in [9.17, 15) is 9.59 Å². The molecule has 8 nitrogen and oxygen atoms in total. The fourth-order valence-corrected chi connectivity index (χ4v) is 1.56. The first-order valence-electron chi connectivity index (χ1n) is 6.27. The van der Waals surface area contributed by atoms with E-state index in [2.05, 4.69) is 15.5 Å². The van der Waals surface area contributed by atoms with Crippen molar-refractivity contribution in [2.75, 3.05) is 6.61 Å². The first-order valence-corrected chi connectivity index (χ1v) is 6.27. The van der Waals surface area contributed by atoms with Crippen molar-refractivity contribution in [1.29, 1.82) is 0 Å². The third-order valence-electron chi connectivity index (χ3n) is 2.37. The second-order valence-electron chi connectivity index (χ2n) is 4.82. The highest BCUT2D eigenvalue weighted by atomic mass is 16.5. The smallest absolute Gasteiger partial charge is 0.326 e. The van der Waals surface area contributed by atoms with Gasteiger partial charge >= 0.3 is 5.97 Å². The molecule has 0 saturated carbocycles. The van der Waals surface area contributed by atoms with Gasteiger partial charge in [0.25, 0.3) is 5.89 Å². The van der Waals surface area contributed by atoms with Gasteiger partial charge in [0.2, 0.25) is 5.91 Å². The molecule has 112 valence electrons. The Bertz CT molecular complexity index is 458. The second kappa shape index (κ2) is 7.59. The number of carbonyl (C=O) groups excluding carboxylic acids is 1. The molecule has 0 aliphatic heterocycles. The summed E-state index contributed by atoms with van der Waals surface area (Å²) in [4.78, 5) is 26.5. The van der Waals surface area contributed by atoms with Gasteiger partial charge in [-0.05, 0) is 19.3 Å². The third kappa shape index (κ3) is 5.79. The molecule has 1 amide bonds. The van der Waals surface area contributed by atoms with Gasteiger partial charge in [0.1, 0.15) is 19.3 Å². The molecule has 0 aliphatic carbocycles. The Morgan fingerprint density at radius 1 is 1.45 bits per heavy atom. The Labute approximate surface area is 116 Å². The lowest BCUT2D eigenvalue weighted by molar-refractivity contribution is -0.143. The van der Waals surface area contributed by atoms with Gasteiger partial charge in [0.05, 0.1) is 0 Å². The summed E-state index contributed by atoms with van der Waals surface area (Å²) in [6.45, 7) is 5.19. The van der Waals surface area contributed by atoms with Crippen LogP contribution in [0.15, 0.2) is 4.52 Å². The standard InChI is InChI=1S/C12H19N3O5/c1-7(2)4-9(12(17)18)14-10(16)5-19-6-11-13-8(3)15-20-11/h7,9H,4-6H2,1-3H3,(H,14,16)(H,17,18). The minimum absolute atomic E-state index is 0.0101. The van der Waals surface area contributed by atoms with E-state index in [0.29, 0.717) is 12.2 Å². The highest BCUT2D eigenvalue weighted by Crippen LogP contribution is 2.05. The van der Waals surface area contributed by atoms with Crippen molar-refractivity contribution in [2.24, 2.45) is 5.92 Å². The molecule has 20 heavy (non-hydrogen) atoms. The van der Waals surface area contributed by atoms with Crippen LogP contribution in [0.5, 0.6) is 0 Å². The van der Waals surface area contributed by atoms with Gasteiger partial charge in [-0.25, -0.2) is 4.79 Å². The predicted molar refractivity (Wildman–Crippen MR) is 67.7 cm³/mol. The summed E-state index contributed by atoms with van der Waals surface area (Å²) >= 11 is 0. The molecule has 0 saturated heterocycles. The molecule has 0 radical (unpaired) electrons. The topological polar surface area (TPSA) is 115 Å². The van der Waals surface area contributed by atoms with E-state index in [1.165, 1.54) is 0 Å². The molecule has 1 heterocycles. The fraction of sp³-hybridized carbons (Fsp3) is 0.667. The quantitative estimate of drug-likeness (QED) is 0.715. The Morgan fingerprint density at radius 2 is 2.15 bits per heavy atom. The molecular weight excluding hydrogens is 266 g/mol. The van der Waals surface area contributed by atoms with E-state index >= 15 is 0 Å². The molecule has 0 spiro atoms. The SMILES string of the molecule is Cc1noc(COCC(=O)NC(CC(C)C)C(=O)O)n1. The van der Waals surface area contributed by atoms with Crippen LogP contribution in [0.4, 0.5) is 0 Å². The zero-order valence-electron chi connectivity index (χ0n) is 11.8. The zero-order valence-corrected chi connectivity index (χ0v) is 11.8. The predicted octanol–water partition coefficient (Wildman–Crippen LogP) is 0.510. The van der Waals surface area contributed by atoms with Crippen molar-refractivity contribution in [3.05, 3.63) is 11.7 Å². The van der Waals surface area contributed by atoms with Crippen LogP contribution >= 0.6 is 0 Å². The maximum absolute atomic E-state index is 11.6. The van der Waals surface area contributed by atoms with Gasteiger partial charge in [-0.3, -0.25) is 4.79 Å². The third-order valence-corrected chi connectivity index (χ3v) is 2.37. The normalized spacial score (nSPS) is 12.4. The molecule has 1 rings (SSSR count). The van der Waals surface area contributed by atoms with Crippen LogP contribution in [0, 0.1) is 12.8 Å². The van der Waals surface area contributed by atoms with E-state index in [1.54, 1.807) is 6.92 Å². The minimum atomic E-state index is -1.06. The largest absolute Gasteiger partial charge is 0.480 e. The van der Waals surface area contributed by atoms with Gasteiger partial charge in [0.15, 0.2) is 5.82 Å². The van der Waals surface area contributed by atoms with Crippen molar-refractivity contribution in [2.45, 2.75) is 39.8 Å². The molecule has 1 unspecified atom stereocenters. The van der Waals surface area contributed by atoms with E-state index < -0.39 is 17.9 Å². The number of aryl methyl sites for hydroxylation is 1. The monoisotopic (exact) mass is 285 g/mol. The first-order chi connectivity index (χ1) is 9.38. The summed E-state index contributed by atoms with van der Waals surface area (Å²) in [5, 5.41) is 15.0. The maximum atomic E-state index is 11.6. The van der Waals surface area contributed by atoms with Crippen molar-refractivity contribution in [3.8, 4) is 0 Å². The highest BCUT2D eigenvalue weighted by molar-refractivity contribution is 5.84. The van der Waals surface area contributed by atoms with Gasteiger partial charge < -0.3 is 19.7 Å². The van der Waals surface area contributed by atoms with Crippen molar-refractivity contribution in [1.82, 2.24) is 15.5 Å². The Kier molecular flexibility index (Phi) is 6.10. The van der Waals surface area contributed by atoms with Crippen molar-refractivity contribution < 1.29 is 24.0 Å². The van der Waals surface area contributed by atoms with Crippen LogP contribution in [0.25, 0.3) is 0 Å². The molecule has 0 bridgehead atoms. The molecule has 0 fully saturated rings. The van der Waals surface area contributed by atoms with Crippen molar-refractivity contribution >= 4 is 11.9 Å². The van der Waals surface area contributed by atoms with Gasteiger partial charge in [-0.1, -0.05) is 19.0 Å². The summed E-state index contributed by atoms with van der Waals surface area (Å²) in [7, 11) is 0. The fourth-order valence-electron chi connectivity index (χ4n) is 1.56. The van der Waals surface area contributed by atoms with Crippen LogP contribution in [0.3, 0.4) is 0 Å². The molecule has 1 atom stereocenters. The van der Waals surface area contributed by atoms with Crippen LogP contribution < -0.4 is 5.32 Å². The lowest BCUT2D eigenvalue weighted by atomic mass is 10.0.